The van der Waals surface area contributed by atoms with Crippen molar-refractivity contribution in [2.24, 2.45) is 7.05 Å². The van der Waals surface area contributed by atoms with Gasteiger partial charge in [0.15, 0.2) is 16.3 Å². The van der Waals surface area contributed by atoms with Crippen LogP contribution in [0.1, 0.15) is 26.7 Å². The first-order chi connectivity index (χ1) is 10.1. The van der Waals surface area contributed by atoms with Crippen molar-refractivity contribution >= 4 is 22.9 Å². The molecule has 0 bridgehead atoms. The van der Waals surface area contributed by atoms with E-state index >= 15 is 0 Å². The molecule has 0 aliphatic heterocycles. The zero-order chi connectivity index (χ0) is 15.4. The average Bonchev–Trinajstić information content (AvgIpc) is 2.82. The van der Waals surface area contributed by atoms with Gasteiger partial charge >= 0.3 is 5.69 Å². The van der Waals surface area contributed by atoms with Crippen molar-refractivity contribution in [1.29, 1.82) is 0 Å². The second-order valence-corrected chi connectivity index (χ2v) is 5.83. The Balaban J connectivity index is 2.61. The summed E-state index contributed by atoms with van der Waals surface area (Å²) in [6.45, 7) is 4.64. The first kappa shape index (κ1) is 15.6. The number of rotatable bonds is 6. The first-order valence-electron chi connectivity index (χ1n) is 7.03. The van der Waals surface area contributed by atoms with E-state index in [1.54, 1.807) is 18.8 Å². The standard InChI is InChI=1S/C14H20N4O2S/c1-4-6-8-18-10-11(15-14(18)21-9-7-5-2)17(3)13(20)16-12(10)19/h4,6H,5,7-9H2,1-3H3,(H,16,19,20)/b6-4+. The Kier molecular flexibility index (Phi) is 5.06. The molecule has 0 fully saturated rings. The highest BCUT2D eigenvalue weighted by atomic mass is 32.2. The summed E-state index contributed by atoms with van der Waals surface area (Å²) in [5.41, 5.74) is 0.0715. The summed E-state index contributed by atoms with van der Waals surface area (Å²) in [5, 5.41) is 0.781. The number of hydrogen-bond acceptors (Lipinski definition) is 4. The molecule has 0 aliphatic carbocycles. The number of nitrogens with one attached hydrogen (secondary N) is 1. The SMILES string of the molecule is C/C=C/Cn1c(SCCCC)nc2c1c(=O)[nH]c(=O)n2C. The van der Waals surface area contributed by atoms with Gasteiger partial charge in [-0.05, 0) is 13.3 Å². The Bertz CT molecular complexity index is 770. The molecule has 0 spiro atoms. The van der Waals surface area contributed by atoms with E-state index < -0.39 is 5.69 Å². The van der Waals surface area contributed by atoms with Crippen molar-refractivity contribution in [3.05, 3.63) is 33.0 Å². The molecule has 0 saturated heterocycles. The lowest BCUT2D eigenvalue weighted by molar-refractivity contribution is 0.742. The molecule has 2 aromatic heterocycles. The molecule has 0 aliphatic rings. The van der Waals surface area contributed by atoms with Gasteiger partial charge in [-0.3, -0.25) is 14.3 Å². The maximum Gasteiger partial charge on any atom is 0.329 e. The predicted molar refractivity (Wildman–Crippen MR) is 86.0 cm³/mol. The van der Waals surface area contributed by atoms with Crippen LogP contribution in [0, 0.1) is 0 Å². The molecular formula is C14H20N4O2S. The lowest BCUT2D eigenvalue weighted by Gasteiger charge is -2.05. The molecule has 7 heteroatoms. The van der Waals surface area contributed by atoms with Gasteiger partial charge in [0.25, 0.3) is 5.56 Å². The fourth-order valence-electron chi connectivity index (χ4n) is 2.01. The van der Waals surface area contributed by atoms with E-state index in [1.165, 1.54) is 4.57 Å². The number of allylic oxidation sites excluding steroid dienone is 2. The Hall–Kier alpha value is -1.76. The van der Waals surface area contributed by atoms with Gasteiger partial charge in [0, 0.05) is 19.3 Å². The van der Waals surface area contributed by atoms with Crippen molar-refractivity contribution in [2.75, 3.05) is 5.75 Å². The molecule has 2 heterocycles. The molecule has 0 saturated carbocycles. The van der Waals surface area contributed by atoms with Crippen LogP contribution in [-0.4, -0.2) is 24.9 Å². The van der Waals surface area contributed by atoms with E-state index in [9.17, 15) is 9.59 Å². The number of imidazole rings is 1. The van der Waals surface area contributed by atoms with Crippen LogP contribution in [0.5, 0.6) is 0 Å². The van der Waals surface area contributed by atoms with E-state index in [4.69, 9.17) is 0 Å². The lowest BCUT2D eigenvalue weighted by atomic mass is 10.4. The molecule has 6 nitrogen and oxygen atoms in total. The molecule has 1 N–H and O–H groups in total. The highest BCUT2D eigenvalue weighted by Crippen LogP contribution is 2.22. The molecule has 2 rings (SSSR count). The molecule has 2 aromatic rings. The molecular weight excluding hydrogens is 288 g/mol. The van der Waals surface area contributed by atoms with Gasteiger partial charge in [-0.1, -0.05) is 37.3 Å². The van der Waals surface area contributed by atoms with Crippen LogP contribution in [0.2, 0.25) is 0 Å². The summed E-state index contributed by atoms with van der Waals surface area (Å²) < 4.78 is 3.25. The Morgan fingerprint density at radius 2 is 2.14 bits per heavy atom. The third-order valence-electron chi connectivity index (χ3n) is 3.22. The molecule has 0 aromatic carbocycles. The number of H-pyrrole nitrogens is 1. The van der Waals surface area contributed by atoms with Crippen molar-refractivity contribution in [3.8, 4) is 0 Å². The van der Waals surface area contributed by atoms with Gasteiger partial charge in [-0.2, -0.15) is 0 Å². The number of hydrogen-bond donors (Lipinski definition) is 1. The fourth-order valence-corrected chi connectivity index (χ4v) is 3.10. The highest BCUT2D eigenvalue weighted by molar-refractivity contribution is 7.99. The molecule has 0 unspecified atom stereocenters. The third-order valence-corrected chi connectivity index (χ3v) is 4.29. The number of nitrogens with zero attached hydrogens (tertiary/aromatic N) is 3. The second-order valence-electron chi connectivity index (χ2n) is 4.77. The van der Waals surface area contributed by atoms with Gasteiger partial charge in [0.2, 0.25) is 0 Å². The summed E-state index contributed by atoms with van der Waals surface area (Å²) >= 11 is 1.62. The molecule has 21 heavy (non-hydrogen) atoms. The summed E-state index contributed by atoms with van der Waals surface area (Å²) in [7, 11) is 1.62. The normalized spacial score (nSPS) is 11.8. The van der Waals surface area contributed by atoms with E-state index in [0.717, 1.165) is 23.8 Å². The Labute approximate surface area is 126 Å². The monoisotopic (exact) mass is 308 g/mol. The number of fused-ring (bicyclic) bond motifs is 1. The van der Waals surface area contributed by atoms with Crippen molar-refractivity contribution < 1.29 is 0 Å². The van der Waals surface area contributed by atoms with Gasteiger partial charge in [-0.15, -0.1) is 0 Å². The van der Waals surface area contributed by atoms with Crippen LogP contribution in [0.4, 0.5) is 0 Å². The second kappa shape index (κ2) is 6.80. The van der Waals surface area contributed by atoms with E-state index in [2.05, 4.69) is 16.9 Å². The quantitative estimate of drug-likeness (QED) is 0.502. The maximum absolute atomic E-state index is 12.1. The van der Waals surface area contributed by atoms with Gasteiger partial charge in [0.05, 0.1) is 0 Å². The largest absolute Gasteiger partial charge is 0.329 e. The number of aromatic nitrogens is 4. The smallest absolute Gasteiger partial charge is 0.309 e. The number of aryl methyl sites for hydroxylation is 1. The van der Waals surface area contributed by atoms with Crippen LogP contribution in [0.25, 0.3) is 11.2 Å². The van der Waals surface area contributed by atoms with Crippen molar-refractivity contribution in [3.63, 3.8) is 0 Å². The van der Waals surface area contributed by atoms with Gasteiger partial charge < -0.3 is 4.57 Å². The van der Waals surface area contributed by atoms with Crippen molar-refractivity contribution in [1.82, 2.24) is 19.1 Å². The van der Waals surface area contributed by atoms with Gasteiger partial charge in [-0.25, -0.2) is 9.78 Å². The predicted octanol–water partition coefficient (Wildman–Crippen LogP) is 1.89. The fraction of sp³-hybridized carbons (Fsp3) is 0.500. The number of thioether (sulfide) groups is 1. The first-order valence-corrected chi connectivity index (χ1v) is 8.02. The lowest BCUT2D eigenvalue weighted by Crippen LogP contribution is -2.29. The van der Waals surface area contributed by atoms with E-state index in [1.807, 2.05) is 23.6 Å². The summed E-state index contributed by atoms with van der Waals surface area (Å²) in [5.74, 6) is 0.946. The Morgan fingerprint density at radius 3 is 2.81 bits per heavy atom. The minimum Gasteiger partial charge on any atom is -0.309 e. The summed E-state index contributed by atoms with van der Waals surface area (Å²) in [6, 6.07) is 0. The zero-order valence-corrected chi connectivity index (χ0v) is 13.4. The van der Waals surface area contributed by atoms with E-state index in [-0.39, 0.29) is 5.56 Å². The van der Waals surface area contributed by atoms with E-state index in [0.29, 0.717) is 17.7 Å². The average molecular weight is 308 g/mol. The van der Waals surface area contributed by atoms with Crippen LogP contribution >= 0.6 is 11.8 Å². The summed E-state index contributed by atoms with van der Waals surface area (Å²) in [6.07, 6.45) is 6.10. The topological polar surface area (TPSA) is 72.7 Å². The van der Waals surface area contributed by atoms with Crippen LogP contribution in [0.15, 0.2) is 26.9 Å². The third kappa shape index (κ3) is 3.12. The van der Waals surface area contributed by atoms with Crippen molar-refractivity contribution in [2.45, 2.75) is 38.4 Å². The maximum atomic E-state index is 12.1. The highest BCUT2D eigenvalue weighted by Gasteiger charge is 2.16. The van der Waals surface area contributed by atoms with Crippen LogP contribution in [0.3, 0.4) is 0 Å². The zero-order valence-electron chi connectivity index (χ0n) is 12.5. The number of unbranched alkanes of at least 4 members (excludes halogenated alkanes) is 1. The minimum absolute atomic E-state index is 0.382. The number of aromatic amines is 1. The Morgan fingerprint density at radius 1 is 1.38 bits per heavy atom. The van der Waals surface area contributed by atoms with Gasteiger partial charge in [0.1, 0.15) is 0 Å². The molecule has 0 radical (unpaired) electrons. The molecule has 0 amide bonds. The minimum atomic E-state index is -0.437. The van der Waals surface area contributed by atoms with Crippen LogP contribution < -0.4 is 11.2 Å². The van der Waals surface area contributed by atoms with Crippen LogP contribution in [-0.2, 0) is 13.6 Å². The molecule has 114 valence electrons. The molecule has 0 atom stereocenters. The summed E-state index contributed by atoms with van der Waals surface area (Å²) in [4.78, 5) is 30.6.